The molecular formula is C22H29FN4O2. The van der Waals surface area contributed by atoms with Crippen LogP contribution in [0, 0.1) is 11.7 Å². The summed E-state index contributed by atoms with van der Waals surface area (Å²) in [5, 5.41) is 6.38. The topological polar surface area (TPSA) is 88.7 Å². The van der Waals surface area contributed by atoms with Crippen LogP contribution in [0.3, 0.4) is 0 Å². The predicted octanol–water partition coefficient (Wildman–Crippen LogP) is 2.49. The van der Waals surface area contributed by atoms with E-state index in [4.69, 9.17) is 10.5 Å². The van der Waals surface area contributed by atoms with Crippen molar-refractivity contribution in [1.29, 1.82) is 0 Å². The molecule has 2 aromatic rings. The summed E-state index contributed by atoms with van der Waals surface area (Å²) < 4.78 is 18.7. The Kier molecular flexibility index (Phi) is 9.48. The van der Waals surface area contributed by atoms with Crippen LogP contribution in [0.15, 0.2) is 59.6 Å². The zero-order valence-electron chi connectivity index (χ0n) is 16.7. The number of hydrogen-bond donors (Lipinski definition) is 3. The molecule has 29 heavy (non-hydrogen) atoms. The van der Waals surface area contributed by atoms with E-state index in [1.807, 2.05) is 37.3 Å². The predicted molar refractivity (Wildman–Crippen MR) is 113 cm³/mol. The number of nitrogens with one attached hydrogen (secondary N) is 2. The highest BCUT2D eigenvalue weighted by Crippen LogP contribution is 2.11. The first-order valence-corrected chi connectivity index (χ1v) is 9.82. The van der Waals surface area contributed by atoms with Crippen LogP contribution in [-0.4, -0.2) is 38.1 Å². The molecule has 2 rings (SSSR count). The Morgan fingerprint density at radius 1 is 1.14 bits per heavy atom. The number of aliphatic imine (C=N–C) groups is 1. The van der Waals surface area contributed by atoms with E-state index in [-0.39, 0.29) is 12.4 Å². The van der Waals surface area contributed by atoms with Gasteiger partial charge in [-0.1, -0.05) is 30.3 Å². The second-order valence-electron chi connectivity index (χ2n) is 6.59. The van der Waals surface area contributed by atoms with Crippen LogP contribution >= 0.6 is 0 Å². The highest BCUT2D eigenvalue weighted by atomic mass is 19.1. The number of amides is 1. The van der Waals surface area contributed by atoms with Gasteiger partial charge in [0, 0.05) is 13.1 Å². The molecule has 0 aromatic heterocycles. The summed E-state index contributed by atoms with van der Waals surface area (Å²) in [6.45, 7) is 4.19. The fraction of sp³-hybridized carbons (Fsp3) is 0.364. The van der Waals surface area contributed by atoms with Crippen molar-refractivity contribution in [2.75, 3.05) is 26.2 Å². The lowest BCUT2D eigenvalue weighted by molar-refractivity contribution is -0.121. The molecular weight excluding hydrogens is 371 g/mol. The molecule has 0 saturated carbocycles. The van der Waals surface area contributed by atoms with Crippen molar-refractivity contribution in [3.63, 3.8) is 0 Å². The lowest BCUT2D eigenvalue weighted by Crippen LogP contribution is -2.39. The first kappa shape index (κ1) is 22.2. The Bertz CT molecular complexity index is 766. The fourth-order valence-electron chi connectivity index (χ4n) is 2.69. The summed E-state index contributed by atoms with van der Waals surface area (Å²) in [6, 6.07) is 15.7. The van der Waals surface area contributed by atoms with Crippen molar-refractivity contribution in [3.8, 4) is 5.75 Å². The molecule has 156 valence electrons. The normalized spacial score (nSPS) is 12.3. The van der Waals surface area contributed by atoms with Gasteiger partial charge in [0.25, 0.3) is 0 Å². The third-order valence-electron chi connectivity index (χ3n) is 4.24. The molecule has 0 saturated heterocycles. The van der Waals surface area contributed by atoms with Crippen LogP contribution in [0.1, 0.15) is 18.9 Å². The van der Waals surface area contributed by atoms with Gasteiger partial charge in [-0.3, -0.25) is 9.79 Å². The quantitative estimate of drug-likeness (QED) is 0.307. The molecule has 4 N–H and O–H groups in total. The van der Waals surface area contributed by atoms with Crippen LogP contribution in [-0.2, 0) is 11.2 Å². The number of ether oxygens (including phenoxy) is 1. The van der Waals surface area contributed by atoms with Gasteiger partial charge in [-0.15, -0.1) is 0 Å². The van der Waals surface area contributed by atoms with Gasteiger partial charge in [0.2, 0.25) is 5.91 Å². The molecule has 0 aliphatic carbocycles. The van der Waals surface area contributed by atoms with Crippen molar-refractivity contribution in [2.24, 2.45) is 16.6 Å². The van der Waals surface area contributed by atoms with E-state index < -0.39 is 11.8 Å². The molecule has 0 radical (unpaired) electrons. The van der Waals surface area contributed by atoms with Crippen molar-refractivity contribution < 1.29 is 13.9 Å². The molecule has 7 heteroatoms. The van der Waals surface area contributed by atoms with Gasteiger partial charge in [-0.05, 0) is 49.6 Å². The number of nitrogens with two attached hydrogens (primary N) is 1. The van der Waals surface area contributed by atoms with Crippen LogP contribution in [0.4, 0.5) is 4.39 Å². The number of nitrogens with zero attached hydrogens (tertiary/aromatic N) is 1. The van der Waals surface area contributed by atoms with E-state index in [2.05, 4.69) is 15.6 Å². The first-order valence-electron chi connectivity index (χ1n) is 9.82. The second-order valence-corrected chi connectivity index (χ2v) is 6.59. The van der Waals surface area contributed by atoms with E-state index in [0.29, 0.717) is 32.1 Å². The summed E-state index contributed by atoms with van der Waals surface area (Å²) in [6.07, 6.45) is 1.22. The zero-order valence-corrected chi connectivity index (χ0v) is 16.7. The minimum atomic E-state index is -0.461. The molecule has 1 unspecified atom stereocenters. The van der Waals surface area contributed by atoms with Crippen molar-refractivity contribution in [2.45, 2.75) is 19.8 Å². The number of guanidine groups is 1. The van der Waals surface area contributed by atoms with Gasteiger partial charge in [-0.2, -0.15) is 0 Å². The summed E-state index contributed by atoms with van der Waals surface area (Å²) in [5.41, 5.74) is 6.38. The van der Waals surface area contributed by atoms with Crippen LogP contribution < -0.4 is 21.1 Å². The molecule has 0 aliphatic heterocycles. The molecule has 0 aliphatic rings. The summed E-state index contributed by atoms with van der Waals surface area (Å²) in [4.78, 5) is 16.3. The van der Waals surface area contributed by atoms with Gasteiger partial charge >= 0.3 is 0 Å². The van der Waals surface area contributed by atoms with Crippen molar-refractivity contribution >= 4 is 11.9 Å². The lowest BCUT2D eigenvalue weighted by Gasteiger charge is -2.15. The number of carbonyl (C=O) groups is 1. The third kappa shape index (κ3) is 8.64. The maximum Gasteiger partial charge on any atom is 0.222 e. The summed E-state index contributed by atoms with van der Waals surface area (Å²) in [7, 11) is 0. The van der Waals surface area contributed by atoms with Gasteiger partial charge in [-0.25, -0.2) is 4.39 Å². The summed E-state index contributed by atoms with van der Waals surface area (Å²) in [5.74, 6) is 0.274. The SMILES string of the molecule is CCNC(=NCC(Cc1ccc(F)cc1)C(N)=O)NCCCOc1ccccc1. The molecule has 0 fully saturated rings. The number of halogens is 1. The largest absolute Gasteiger partial charge is 0.494 e. The molecule has 6 nitrogen and oxygen atoms in total. The Hall–Kier alpha value is -3.09. The number of primary amides is 1. The van der Waals surface area contributed by atoms with E-state index in [0.717, 1.165) is 17.7 Å². The Balaban J connectivity index is 1.81. The van der Waals surface area contributed by atoms with Crippen molar-refractivity contribution in [1.82, 2.24) is 10.6 Å². The molecule has 1 atom stereocenters. The number of para-hydroxylation sites is 1. The number of benzene rings is 2. The molecule has 1 amide bonds. The molecule has 0 spiro atoms. The number of hydrogen-bond acceptors (Lipinski definition) is 3. The monoisotopic (exact) mass is 400 g/mol. The highest BCUT2D eigenvalue weighted by molar-refractivity contribution is 5.81. The minimum Gasteiger partial charge on any atom is -0.494 e. The van der Waals surface area contributed by atoms with Crippen LogP contribution in [0.25, 0.3) is 0 Å². The van der Waals surface area contributed by atoms with E-state index in [1.165, 1.54) is 12.1 Å². The van der Waals surface area contributed by atoms with Gasteiger partial charge < -0.3 is 21.1 Å². The Labute approximate surface area is 171 Å². The molecule has 0 bridgehead atoms. The van der Waals surface area contributed by atoms with Gasteiger partial charge in [0.05, 0.1) is 19.1 Å². The minimum absolute atomic E-state index is 0.253. The first-order chi connectivity index (χ1) is 14.1. The Morgan fingerprint density at radius 2 is 1.86 bits per heavy atom. The number of rotatable bonds is 11. The average molecular weight is 400 g/mol. The summed E-state index contributed by atoms with van der Waals surface area (Å²) >= 11 is 0. The van der Waals surface area contributed by atoms with Gasteiger partial charge in [0.15, 0.2) is 5.96 Å². The molecule has 2 aromatic carbocycles. The fourth-order valence-corrected chi connectivity index (χ4v) is 2.69. The zero-order chi connectivity index (χ0) is 20.9. The number of carbonyl (C=O) groups excluding carboxylic acids is 1. The van der Waals surface area contributed by atoms with E-state index in [1.54, 1.807) is 12.1 Å². The maximum atomic E-state index is 13.1. The average Bonchev–Trinajstić information content (AvgIpc) is 2.72. The Morgan fingerprint density at radius 3 is 2.52 bits per heavy atom. The maximum absolute atomic E-state index is 13.1. The van der Waals surface area contributed by atoms with Crippen molar-refractivity contribution in [3.05, 3.63) is 66.0 Å². The standard InChI is InChI=1S/C22H29FN4O2/c1-2-25-22(26-13-6-14-29-20-7-4-3-5-8-20)27-16-18(21(24)28)15-17-9-11-19(23)12-10-17/h3-5,7-12,18H,2,6,13-16H2,1H3,(H2,24,28)(H2,25,26,27). The lowest BCUT2D eigenvalue weighted by atomic mass is 9.99. The van der Waals surface area contributed by atoms with Crippen LogP contribution in [0.5, 0.6) is 5.75 Å². The van der Waals surface area contributed by atoms with E-state index >= 15 is 0 Å². The third-order valence-corrected chi connectivity index (χ3v) is 4.24. The smallest absolute Gasteiger partial charge is 0.222 e. The van der Waals surface area contributed by atoms with Crippen LogP contribution in [0.2, 0.25) is 0 Å². The van der Waals surface area contributed by atoms with E-state index in [9.17, 15) is 9.18 Å². The molecule has 0 heterocycles. The van der Waals surface area contributed by atoms with Gasteiger partial charge in [0.1, 0.15) is 11.6 Å². The highest BCUT2D eigenvalue weighted by Gasteiger charge is 2.16. The second kappa shape index (κ2) is 12.4.